The summed E-state index contributed by atoms with van der Waals surface area (Å²) >= 11 is 0. The fourth-order valence-corrected chi connectivity index (χ4v) is 3.37. The molecule has 0 saturated carbocycles. The second-order valence-corrected chi connectivity index (χ2v) is 6.56. The summed E-state index contributed by atoms with van der Waals surface area (Å²) in [5, 5.41) is 3.52. The van der Waals surface area contributed by atoms with Crippen molar-refractivity contribution < 1.29 is 4.79 Å². The van der Waals surface area contributed by atoms with Gasteiger partial charge in [-0.05, 0) is 38.6 Å². The third-order valence-electron chi connectivity index (χ3n) is 5.21. The first-order valence-electron chi connectivity index (χ1n) is 8.37. The van der Waals surface area contributed by atoms with Gasteiger partial charge in [0.25, 0.3) is 0 Å². The Morgan fingerprint density at radius 2 is 2.00 bits per heavy atom. The van der Waals surface area contributed by atoms with Crippen LogP contribution in [0.15, 0.2) is 0 Å². The van der Waals surface area contributed by atoms with Crippen molar-refractivity contribution in [1.82, 2.24) is 15.1 Å². The number of piperidine rings is 1. The number of hydrogen-bond donors (Lipinski definition) is 1. The number of hydrogen-bond acceptors (Lipinski definition) is 3. The number of rotatable bonds is 4. The Hall–Kier alpha value is -0.610. The van der Waals surface area contributed by atoms with E-state index in [9.17, 15) is 4.79 Å². The average molecular weight is 281 g/mol. The first kappa shape index (κ1) is 15.8. The van der Waals surface area contributed by atoms with Crippen molar-refractivity contribution in [1.29, 1.82) is 0 Å². The summed E-state index contributed by atoms with van der Waals surface area (Å²) in [5.41, 5.74) is 0. The number of amides is 1. The van der Waals surface area contributed by atoms with Crippen LogP contribution in [0.4, 0.5) is 0 Å². The fraction of sp³-hybridized carbons (Fsp3) is 0.938. The van der Waals surface area contributed by atoms with Crippen LogP contribution in [-0.4, -0.2) is 60.5 Å². The molecule has 3 atom stereocenters. The highest BCUT2D eigenvalue weighted by Crippen LogP contribution is 2.19. The molecule has 1 amide bonds. The zero-order chi connectivity index (χ0) is 14.5. The van der Waals surface area contributed by atoms with Crippen molar-refractivity contribution in [3.05, 3.63) is 0 Å². The standard InChI is InChI=1S/C16H31N3O/c1-4-14(3)18-8-10-19(11-9-18)16(20)12-15-13(2)6-5-7-17-15/h13-15,17H,4-12H2,1-3H3. The van der Waals surface area contributed by atoms with Crippen molar-refractivity contribution >= 4 is 5.91 Å². The molecule has 2 aliphatic heterocycles. The van der Waals surface area contributed by atoms with Gasteiger partial charge in [-0.25, -0.2) is 0 Å². The van der Waals surface area contributed by atoms with E-state index < -0.39 is 0 Å². The van der Waals surface area contributed by atoms with Gasteiger partial charge < -0.3 is 10.2 Å². The molecule has 2 rings (SSSR count). The van der Waals surface area contributed by atoms with E-state index in [1.807, 2.05) is 0 Å². The summed E-state index contributed by atoms with van der Waals surface area (Å²) < 4.78 is 0. The Balaban J connectivity index is 1.77. The minimum atomic E-state index is 0.347. The predicted molar refractivity (Wildman–Crippen MR) is 82.7 cm³/mol. The highest BCUT2D eigenvalue weighted by atomic mass is 16.2. The van der Waals surface area contributed by atoms with Gasteiger partial charge in [-0.3, -0.25) is 9.69 Å². The highest BCUT2D eigenvalue weighted by molar-refractivity contribution is 5.77. The SMILES string of the molecule is CCC(C)N1CCN(C(=O)CC2NCCCC2C)CC1. The van der Waals surface area contributed by atoms with E-state index in [2.05, 4.69) is 35.9 Å². The van der Waals surface area contributed by atoms with Crippen LogP contribution in [0.5, 0.6) is 0 Å². The lowest BCUT2D eigenvalue weighted by Gasteiger charge is -2.39. The Kier molecular flexibility index (Phi) is 5.85. The largest absolute Gasteiger partial charge is 0.340 e. The summed E-state index contributed by atoms with van der Waals surface area (Å²) in [5.74, 6) is 0.981. The summed E-state index contributed by atoms with van der Waals surface area (Å²) in [6.45, 7) is 11.7. The fourth-order valence-electron chi connectivity index (χ4n) is 3.37. The van der Waals surface area contributed by atoms with Crippen molar-refractivity contribution in [3.8, 4) is 0 Å². The maximum absolute atomic E-state index is 12.4. The molecule has 4 nitrogen and oxygen atoms in total. The van der Waals surface area contributed by atoms with E-state index >= 15 is 0 Å². The van der Waals surface area contributed by atoms with Gasteiger partial charge in [0.05, 0.1) is 0 Å². The van der Waals surface area contributed by atoms with E-state index in [0.717, 1.165) is 32.7 Å². The van der Waals surface area contributed by atoms with E-state index in [4.69, 9.17) is 0 Å². The van der Waals surface area contributed by atoms with E-state index in [1.165, 1.54) is 19.3 Å². The first-order chi connectivity index (χ1) is 9.61. The Bertz CT molecular complexity index is 313. The van der Waals surface area contributed by atoms with Crippen LogP contribution in [0.1, 0.15) is 46.5 Å². The molecule has 3 unspecified atom stereocenters. The second kappa shape index (κ2) is 7.41. The highest BCUT2D eigenvalue weighted by Gasteiger charge is 2.28. The monoisotopic (exact) mass is 281 g/mol. The molecule has 0 aromatic rings. The maximum atomic E-state index is 12.4. The van der Waals surface area contributed by atoms with Crippen LogP contribution in [0.2, 0.25) is 0 Å². The van der Waals surface area contributed by atoms with Gasteiger partial charge in [0, 0.05) is 44.7 Å². The Morgan fingerprint density at radius 1 is 1.30 bits per heavy atom. The van der Waals surface area contributed by atoms with Crippen LogP contribution in [0.3, 0.4) is 0 Å². The molecule has 4 heteroatoms. The quantitative estimate of drug-likeness (QED) is 0.852. The molecule has 0 bridgehead atoms. The van der Waals surface area contributed by atoms with Gasteiger partial charge in [-0.15, -0.1) is 0 Å². The normalized spacial score (nSPS) is 30.2. The van der Waals surface area contributed by atoms with Crippen LogP contribution in [0.25, 0.3) is 0 Å². The summed E-state index contributed by atoms with van der Waals surface area (Å²) in [6, 6.07) is 1.04. The minimum absolute atomic E-state index is 0.347. The topological polar surface area (TPSA) is 35.6 Å². The molecule has 2 saturated heterocycles. The van der Waals surface area contributed by atoms with Crippen LogP contribution >= 0.6 is 0 Å². The van der Waals surface area contributed by atoms with E-state index in [0.29, 0.717) is 30.3 Å². The molecule has 20 heavy (non-hydrogen) atoms. The van der Waals surface area contributed by atoms with Gasteiger partial charge in [0.2, 0.25) is 5.91 Å². The molecule has 2 fully saturated rings. The number of nitrogens with one attached hydrogen (secondary N) is 1. The van der Waals surface area contributed by atoms with E-state index in [-0.39, 0.29) is 0 Å². The molecule has 1 N–H and O–H groups in total. The number of piperazine rings is 1. The van der Waals surface area contributed by atoms with Gasteiger partial charge in [0.1, 0.15) is 0 Å². The van der Waals surface area contributed by atoms with Crippen LogP contribution in [0, 0.1) is 5.92 Å². The summed E-state index contributed by atoms with van der Waals surface area (Å²) in [7, 11) is 0. The summed E-state index contributed by atoms with van der Waals surface area (Å²) in [6.07, 6.45) is 4.38. The first-order valence-corrected chi connectivity index (χ1v) is 8.37. The average Bonchev–Trinajstić information content (AvgIpc) is 2.49. The lowest BCUT2D eigenvalue weighted by molar-refractivity contribution is -0.134. The molecular formula is C16H31N3O. The lowest BCUT2D eigenvalue weighted by atomic mass is 9.90. The van der Waals surface area contributed by atoms with Crippen LogP contribution < -0.4 is 5.32 Å². The van der Waals surface area contributed by atoms with Crippen molar-refractivity contribution in [3.63, 3.8) is 0 Å². The maximum Gasteiger partial charge on any atom is 0.224 e. The molecule has 116 valence electrons. The second-order valence-electron chi connectivity index (χ2n) is 6.56. The Morgan fingerprint density at radius 3 is 2.60 bits per heavy atom. The van der Waals surface area contributed by atoms with Crippen molar-refractivity contribution in [2.45, 2.75) is 58.5 Å². The number of carbonyl (C=O) groups excluding carboxylic acids is 1. The molecule has 0 aromatic heterocycles. The predicted octanol–water partition coefficient (Wildman–Crippen LogP) is 1.71. The molecule has 0 radical (unpaired) electrons. The lowest BCUT2D eigenvalue weighted by Crippen LogP contribution is -2.52. The van der Waals surface area contributed by atoms with Gasteiger partial charge >= 0.3 is 0 Å². The molecule has 2 aliphatic rings. The third-order valence-corrected chi connectivity index (χ3v) is 5.21. The van der Waals surface area contributed by atoms with Gasteiger partial charge in [-0.1, -0.05) is 13.8 Å². The van der Waals surface area contributed by atoms with Crippen molar-refractivity contribution in [2.24, 2.45) is 5.92 Å². The van der Waals surface area contributed by atoms with Crippen molar-refractivity contribution in [2.75, 3.05) is 32.7 Å². The zero-order valence-electron chi connectivity index (χ0n) is 13.4. The molecule has 0 aliphatic carbocycles. The smallest absolute Gasteiger partial charge is 0.224 e. The van der Waals surface area contributed by atoms with Crippen LogP contribution in [-0.2, 0) is 4.79 Å². The Labute approximate surface area is 123 Å². The van der Waals surface area contributed by atoms with Gasteiger partial charge in [-0.2, -0.15) is 0 Å². The number of nitrogens with zero attached hydrogens (tertiary/aromatic N) is 2. The minimum Gasteiger partial charge on any atom is -0.340 e. The third kappa shape index (κ3) is 3.95. The number of carbonyl (C=O) groups is 1. The van der Waals surface area contributed by atoms with Gasteiger partial charge in [0.15, 0.2) is 0 Å². The molecule has 0 aromatic carbocycles. The van der Waals surface area contributed by atoms with E-state index in [1.54, 1.807) is 0 Å². The summed E-state index contributed by atoms with van der Waals surface area (Å²) in [4.78, 5) is 17.0. The zero-order valence-corrected chi connectivity index (χ0v) is 13.4. The molecule has 2 heterocycles. The molecule has 0 spiro atoms. The molecular weight excluding hydrogens is 250 g/mol.